The number of rotatable bonds is 4. The molecule has 0 unspecified atom stereocenters. The third-order valence-corrected chi connectivity index (χ3v) is 9.65. The maximum absolute atomic E-state index is 6.70. The molecule has 0 amide bonds. The zero-order valence-corrected chi connectivity index (χ0v) is 25.3. The summed E-state index contributed by atoms with van der Waals surface area (Å²) in [5.74, 6) is 0. The lowest BCUT2D eigenvalue weighted by atomic mass is 9.82. The molecule has 0 bridgehead atoms. The van der Waals surface area contributed by atoms with Gasteiger partial charge >= 0.3 is 0 Å². The Morgan fingerprint density at radius 3 is 2.07 bits per heavy atom. The van der Waals surface area contributed by atoms with E-state index < -0.39 is 0 Å². The predicted molar refractivity (Wildman–Crippen MR) is 189 cm³/mol. The first-order chi connectivity index (χ1) is 22.1. The van der Waals surface area contributed by atoms with Crippen LogP contribution in [0.3, 0.4) is 0 Å². The van der Waals surface area contributed by atoms with Crippen molar-refractivity contribution in [2.75, 3.05) is 4.90 Å². The molecule has 0 aliphatic heterocycles. The van der Waals surface area contributed by atoms with Crippen molar-refractivity contribution in [1.29, 1.82) is 0 Å². The van der Waals surface area contributed by atoms with Crippen molar-refractivity contribution in [3.8, 4) is 22.3 Å². The van der Waals surface area contributed by atoms with E-state index in [0.717, 1.165) is 50.1 Å². The number of anilines is 3. The summed E-state index contributed by atoms with van der Waals surface area (Å²) in [5, 5.41) is 4.64. The highest BCUT2D eigenvalue weighted by Crippen LogP contribution is 2.51. The largest absolute Gasteiger partial charge is 0.455 e. The quantitative estimate of drug-likeness (QED) is 0.207. The second kappa shape index (κ2) is 9.70. The smallest absolute Gasteiger partial charge is 0.143 e. The third-order valence-electron chi connectivity index (χ3n) is 9.65. The minimum atomic E-state index is -0.0923. The van der Waals surface area contributed by atoms with Crippen LogP contribution in [0.15, 0.2) is 156 Å². The zero-order valence-electron chi connectivity index (χ0n) is 25.3. The number of nitrogens with zero attached hydrogens (tertiary/aromatic N) is 1. The van der Waals surface area contributed by atoms with Crippen molar-refractivity contribution in [3.63, 3.8) is 0 Å². The summed E-state index contributed by atoms with van der Waals surface area (Å²) in [7, 11) is 0. The molecule has 0 N–H and O–H groups in total. The number of furan rings is 1. The molecule has 1 aliphatic carbocycles. The molecular formula is C43H31NO. The Morgan fingerprint density at radius 1 is 0.511 bits per heavy atom. The summed E-state index contributed by atoms with van der Waals surface area (Å²) in [6.07, 6.45) is 0. The van der Waals surface area contributed by atoms with Crippen molar-refractivity contribution in [1.82, 2.24) is 0 Å². The number of benzene rings is 7. The lowest BCUT2D eigenvalue weighted by Crippen LogP contribution is -2.16. The van der Waals surface area contributed by atoms with Crippen LogP contribution in [0.1, 0.15) is 25.0 Å². The van der Waals surface area contributed by atoms with E-state index in [1.165, 1.54) is 33.0 Å². The molecule has 1 aliphatic rings. The molecule has 45 heavy (non-hydrogen) atoms. The summed E-state index contributed by atoms with van der Waals surface area (Å²) in [5.41, 5.74) is 12.8. The number of hydrogen-bond donors (Lipinski definition) is 0. The Balaban J connectivity index is 1.33. The van der Waals surface area contributed by atoms with Gasteiger partial charge in [-0.25, -0.2) is 0 Å². The van der Waals surface area contributed by atoms with Crippen molar-refractivity contribution < 1.29 is 4.42 Å². The van der Waals surface area contributed by atoms with Gasteiger partial charge in [-0.3, -0.25) is 0 Å². The minimum absolute atomic E-state index is 0.0923. The van der Waals surface area contributed by atoms with Crippen LogP contribution in [0, 0.1) is 0 Å². The second-order valence-electron chi connectivity index (χ2n) is 12.5. The maximum Gasteiger partial charge on any atom is 0.143 e. The fourth-order valence-electron chi connectivity index (χ4n) is 7.51. The van der Waals surface area contributed by atoms with Crippen LogP contribution in [0.25, 0.3) is 55.0 Å². The summed E-state index contributed by atoms with van der Waals surface area (Å²) in [4.78, 5) is 2.42. The minimum Gasteiger partial charge on any atom is -0.455 e. The average molecular weight is 578 g/mol. The van der Waals surface area contributed by atoms with E-state index >= 15 is 0 Å². The fraction of sp³-hybridized carbons (Fsp3) is 0.0698. The Bertz CT molecular complexity index is 2400. The van der Waals surface area contributed by atoms with E-state index in [-0.39, 0.29) is 5.41 Å². The molecule has 0 radical (unpaired) electrons. The van der Waals surface area contributed by atoms with Crippen LogP contribution < -0.4 is 4.90 Å². The van der Waals surface area contributed by atoms with Gasteiger partial charge in [0, 0.05) is 38.5 Å². The van der Waals surface area contributed by atoms with E-state index in [4.69, 9.17) is 4.42 Å². The topological polar surface area (TPSA) is 16.4 Å². The molecule has 8 aromatic rings. The fourth-order valence-corrected chi connectivity index (χ4v) is 7.51. The Morgan fingerprint density at radius 2 is 1.22 bits per heavy atom. The van der Waals surface area contributed by atoms with Crippen molar-refractivity contribution in [2.24, 2.45) is 0 Å². The summed E-state index contributed by atoms with van der Waals surface area (Å²) in [6.45, 7) is 4.69. The molecule has 0 saturated carbocycles. The van der Waals surface area contributed by atoms with Crippen molar-refractivity contribution in [2.45, 2.75) is 19.3 Å². The number of fused-ring (bicyclic) bond motifs is 8. The monoisotopic (exact) mass is 577 g/mol. The molecule has 2 nitrogen and oxygen atoms in total. The van der Waals surface area contributed by atoms with Gasteiger partial charge in [-0.15, -0.1) is 0 Å². The average Bonchev–Trinajstić information content (AvgIpc) is 3.58. The van der Waals surface area contributed by atoms with Gasteiger partial charge < -0.3 is 9.32 Å². The van der Waals surface area contributed by atoms with Crippen molar-refractivity contribution >= 4 is 49.8 Å². The first kappa shape index (κ1) is 25.9. The van der Waals surface area contributed by atoms with Crippen LogP contribution in [0.5, 0.6) is 0 Å². The molecule has 7 aromatic carbocycles. The predicted octanol–water partition coefficient (Wildman–Crippen LogP) is 12.2. The zero-order chi connectivity index (χ0) is 30.1. The summed E-state index contributed by atoms with van der Waals surface area (Å²) >= 11 is 0. The van der Waals surface area contributed by atoms with Gasteiger partial charge in [0.05, 0.1) is 5.69 Å². The van der Waals surface area contributed by atoms with E-state index in [1.54, 1.807) is 0 Å². The number of para-hydroxylation sites is 2. The second-order valence-corrected chi connectivity index (χ2v) is 12.5. The highest BCUT2D eigenvalue weighted by atomic mass is 16.3. The number of hydrogen-bond acceptors (Lipinski definition) is 2. The Hall–Kier alpha value is -5.60. The van der Waals surface area contributed by atoms with Gasteiger partial charge in [0.25, 0.3) is 0 Å². The molecular weight excluding hydrogens is 546 g/mol. The van der Waals surface area contributed by atoms with E-state index in [0.29, 0.717) is 0 Å². The summed E-state index contributed by atoms with van der Waals surface area (Å²) < 4.78 is 6.70. The first-order valence-electron chi connectivity index (χ1n) is 15.6. The van der Waals surface area contributed by atoms with Crippen LogP contribution in [-0.2, 0) is 5.41 Å². The lowest BCUT2D eigenvalue weighted by molar-refractivity contribution is 0.660. The molecule has 1 aromatic heterocycles. The van der Waals surface area contributed by atoms with Crippen molar-refractivity contribution in [3.05, 3.63) is 163 Å². The molecule has 2 heteroatoms. The van der Waals surface area contributed by atoms with Gasteiger partial charge in [0.2, 0.25) is 0 Å². The molecule has 1 heterocycles. The van der Waals surface area contributed by atoms with E-state index in [9.17, 15) is 0 Å². The molecule has 214 valence electrons. The van der Waals surface area contributed by atoms with Gasteiger partial charge in [-0.2, -0.15) is 0 Å². The van der Waals surface area contributed by atoms with E-state index in [1.807, 2.05) is 0 Å². The van der Waals surface area contributed by atoms with Gasteiger partial charge in [-0.05, 0) is 69.6 Å². The standard InChI is InChI=1S/C43H31NO/c1-43(2)36-21-10-9-18-33(36)34-25-24-31(27-37(34)43)44(30-16-7-4-8-17-30)38-22-11-15-29-23-26-39-41(40(29)38)35-20-12-19-32(42(35)45-39)28-13-5-3-6-14-28/h3-27H,1-2H3. The highest BCUT2D eigenvalue weighted by molar-refractivity contribution is 6.24. The normalized spacial score (nSPS) is 13.3. The van der Waals surface area contributed by atoms with Crippen LogP contribution in [0.2, 0.25) is 0 Å². The molecule has 0 atom stereocenters. The maximum atomic E-state index is 6.70. The Labute approximate surface area is 262 Å². The molecule has 0 saturated heterocycles. The van der Waals surface area contributed by atoms with Gasteiger partial charge in [0.15, 0.2) is 0 Å². The van der Waals surface area contributed by atoms with E-state index in [2.05, 4.69) is 170 Å². The Kier molecular flexibility index (Phi) is 5.58. The first-order valence-corrected chi connectivity index (χ1v) is 15.6. The summed E-state index contributed by atoms with van der Waals surface area (Å²) in [6, 6.07) is 54.5. The molecule has 0 fully saturated rings. The third kappa shape index (κ3) is 3.82. The molecule has 9 rings (SSSR count). The lowest BCUT2D eigenvalue weighted by Gasteiger charge is -2.29. The van der Waals surface area contributed by atoms with Gasteiger partial charge in [-0.1, -0.05) is 129 Å². The highest BCUT2D eigenvalue weighted by Gasteiger charge is 2.35. The SMILES string of the molecule is CC1(C)c2ccccc2-c2ccc(N(c3ccccc3)c3cccc4ccc5oc6c(-c7ccccc7)cccc6c5c34)cc21. The van der Waals surface area contributed by atoms with Gasteiger partial charge in [0.1, 0.15) is 11.2 Å². The van der Waals surface area contributed by atoms with Crippen LogP contribution in [-0.4, -0.2) is 0 Å². The van der Waals surface area contributed by atoms with Crippen LogP contribution in [0.4, 0.5) is 17.1 Å². The van der Waals surface area contributed by atoms with Crippen LogP contribution >= 0.6 is 0 Å². The molecule has 0 spiro atoms.